The van der Waals surface area contributed by atoms with E-state index in [-0.39, 0.29) is 11.5 Å². The van der Waals surface area contributed by atoms with Crippen LogP contribution < -0.4 is 0 Å². The SMILES string of the molecule is CC1OCCC1C(Cl)C(C)c1ccncc1. The monoisotopic (exact) mass is 239 g/mol. The van der Waals surface area contributed by atoms with Crippen molar-refractivity contribution in [2.45, 2.75) is 37.7 Å². The lowest BCUT2D eigenvalue weighted by atomic mass is 9.87. The topological polar surface area (TPSA) is 22.1 Å². The molecule has 1 fully saturated rings. The van der Waals surface area contributed by atoms with Gasteiger partial charge < -0.3 is 4.74 Å². The van der Waals surface area contributed by atoms with E-state index in [4.69, 9.17) is 16.3 Å². The predicted molar refractivity (Wildman–Crippen MR) is 65.8 cm³/mol. The molecule has 1 aliphatic heterocycles. The second-order valence-electron chi connectivity index (χ2n) is 4.54. The summed E-state index contributed by atoms with van der Waals surface area (Å²) in [6, 6.07) is 4.08. The predicted octanol–water partition coefficient (Wildman–Crippen LogP) is 3.22. The van der Waals surface area contributed by atoms with Crippen molar-refractivity contribution < 1.29 is 4.74 Å². The molecule has 0 spiro atoms. The molecule has 2 rings (SSSR count). The van der Waals surface area contributed by atoms with Gasteiger partial charge in [0.05, 0.1) is 6.10 Å². The second-order valence-corrected chi connectivity index (χ2v) is 5.05. The van der Waals surface area contributed by atoms with Crippen molar-refractivity contribution >= 4 is 11.6 Å². The van der Waals surface area contributed by atoms with Crippen molar-refractivity contribution in [2.75, 3.05) is 6.61 Å². The smallest absolute Gasteiger partial charge is 0.0590 e. The van der Waals surface area contributed by atoms with E-state index in [1.807, 2.05) is 24.5 Å². The largest absolute Gasteiger partial charge is 0.378 e. The zero-order valence-corrected chi connectivity index (χ0v) is 10.5. The van der Waals surface area contributed by atoms with Gasteiger partial charge in [-0.25, -0.2) is 0 Å². The summed E-state index contributed by atoms with van der Waals surface area (Å²) in [5.41, 5.74) is 1.26. The van der Waals surface area contributed by atoms with Crippen LogP contribution in [0.5, 0.6) is 0 Å². The van der Waals surface area contributed by atoms with Crippen molar-refractivity contribution in [2.24, 2.45) is 5.92 Å². The number of alkyl halides is 1. The van der Waals surface area contributed by atoms with Crippen LogP contribution in [0, 0.1) is 5.92 Å². The van der Waals surface area contributed by atoms with Crippen LogP contribution in [0.3, 0.4) is 0 Å². The fraction of sp³-hybridized carbons (Fsp3) is 0.615. The Labute approximate surface area is 102 Å². The van der Waals surface area contributed by atoms with Crippen LogP contribution in [-0.4, -0.2) is 23.1 Å². The van der Waals surface area contributed by atoms with Crippen LogP contribution in [0.4, 0.5) is 0 Å². The number of nitrogens with zero attached hydrogens (tertiary/aromatic N) is 1. The van der Waals surface area contributed by atoms with Crippen molar-refractivity contribution in [3.63, 3.8) is 0 Å². The number of pyridine rings is 1. The maximum atomic E-state index is 6.57. The van der Waals surface area contributed by atoms with E-state index in [1.165, 1.54) is 5.56 Å². The number of rotatable bonds is 3. The van der Waals surface area contributed by atoms with Crippen LogP contribution in [0.15, 0.2) is 24.5 Å². The summed E-state index contributed by atoms with van der Waals surface area (Å²) >= 11 is 6.57. The molecule has 3 heteroatoms. The molecule has 88 valence electrons. The summed E-state index contributed by atoms with van der Waals surface area (Å²) in [6.45, 7) is 5.14. The third-order valence-corrected chi connectivity index (χ3v) is 4.26. The first-order chi connectivity index (χ1) is 7.70. The van der Waals surface area contributed by atoms with E-state index >= 15 is 0 Å². The lowest BCUT2D eigenvalue weighted by Gasteiger charge is -2.26. The maximum absolute atomic E-state index is 6.57. The minimum absolute atomic E-state index is 0.139. The number of hydrogen-bond acceptors (Lipinski definition) is 2. The normalized spacial score (nSPS) is 28.9. The molecule has 16 heavy (non-hydrogen) atoms. The van der Waals surface area contributed by atoms with Crippen LogP contribution in [-0.2, 0) is 4.74 Å². The number of halogens is 1. The minimum atomic E-state index is 0.139. The highest BCUT2D eigenvalue weighted by molar-refractivity contribution is 6.21. The van der Waals surface area contributed by atoms with Crippen molar-refractivity contribution in [1.82, 2.24) is 4.98 Å². The molecule has 0 aliphatic carbocycles. The van der Waals surface area contributed by atoms with E-state index in [0.717, 1.165) is 13.0 Å². The highest BCUT2D eigenvalue weighted by Crippen LogP contribution is 2.35. The first kappa shape index (κ1) is 11.9. The first-order valence-corrected chi connectivity index (χ1v) is 6.29. The van der Waals surface area contributed by atoms with Gasteiger partial charge in [-0.3, -0.25) is 4.98 Å². The molecular weight excluding hydrogens is 222 g/mol. The van der Waals surface area contributed by atoms with Crippen LogP contribution in [0.1, 0.15) is 31.7 Å². The molecule has 0 radical (unpaired) electrons. The third-order valence-electron chi connectivity index (χ3n) is 3.55. The summed E-state index contributed by atoms with van der Waals surface area (Å²) in [5.74, 6) is 0.809. The molecule has 1 aliphatic rings. The summed E-state index contributed by atoms with van der Waals surface area (Å²) in [6.07, 6.45) is 5.01. The van der Waals surface area contributed by atoms with Gasteiger partial charge in [-0.15, -0.1) is 11.6 Å². The Hall–Kier alpha value is -0.600. The Morgan fingerprint density at radius 1 is 1.44 bits per heavy atom. The minimum Gasteiger partial charge on any atom is -0.378 e. The standard InChI is InChI=1S/C13H18ClNO/c1-9(11-3-6-15-7-4-11)13(14)12-5-8-16-10(12)2/h3-4,6-7,9-10,12-13H,5,8H2,1-2H3. The van der Waals surface area contributed by atoms with Gasteiger partial charge in [0.25, 0.3) is 0 Å². The van der Waals surface area contributed by atoms with Gasteiger partial charge in [-0.2, -0.15) is 0 Å². The Kier molecular flexibility index (Phi) is 3.82. The van der Waals surface area contributed by atoms with E-state index in [2.05, 4.69) is 18.8 Å². The number of hydrogen-bond donors (Lipinski definition) is 0. The summed E-state index contributed by atoms with van der Waals surface area (Å²) in [7, 11) is 0. The molecule has 4 unspecified atom stereocenters. The van der Waals surface area contributed by atoms with E-state index in [9.17, 15) is 0 Å². The lowest BCUT2D eigenvalue weighted by Crippen LogP contribution is -2.26. The average Bonchev–Trinajstić information content (AvgIpc) is 2.75. The molecule has 1 aromatic heterocycles. The highest BCUT2D eigenvalue weighted by Gasteiger charge is 2.34. The molecule has 1 saturated heterocycles. The van der Waals surface area contributed by atoms with Crippen LogP contribution >= 0.6 is 11.6 Å². The molecule has 2 heterocycles. The summed E-state index contributed by atoms with van der Waals surface area (Å²) in [5, 5.41) is 0.139. The molecule has 0 N–H and O–H groups in total. The van der Waals surface area contributed by atoms with E-state index in [1.54, 1.807) is 0 Å². The van der Waals surface area contributed by atoms with Gasteiger partial charge in [0.15, 0.2) is 0 Å². The zero-order chi connectivity index (χ0) is 11.5. The summed E-state index contributed by atoms with van der Waals surface area (Å²) < 4.78 is 5.58. The molecule has 1 aromatic rings. The number of aromatic nitrogens is 1. The Morgan fingerprint density at radius 2 is 2.12 bits per heavy atom. The van der Waals surface area contributed by atoms with Crippen molar-refractivity contribution in [3.8, 4) is 0 Å². The quantitative estimate of drug-likeness (QED) is 0.756. The highest BCUT2D eigenvalue weighted by atomic mass is 35.5. The van der Waals surface area contributed by atoms with E-state index < -0.39 is 0 Å². The van der Waals surface area contributed by atoms with Crippen LogP contribution in [0.2, 0.25) is 0 Å². The lowest BCUT2D eigenvalue weighted by molar-refractivity contribution is 0.103. The second kappa shape index (κ2) is 5.15. The van der Waals surface area contributed by atoms with Crippen molar-refractivity contribution in [3.05, 3.63) is 30.1 Å². The molecule has 4 atom stereocenters. The maximum Gasteiger partial charge on any atom is 0.0590 e. The van der Waals surface area contributed by atoms with Gasteiger partial charge in [0, 0.05) is 30.3 Å². The molecule has 0 aromatic carbocycles. The fourth-order valence-corrected chi connectivity index (χ4v) is 2.86. The molecule has 2 nitrogen and oxygen atoms in total. The van der Waals surface area contributed by atoms with Crippen molar-refractivity contribution in [1.29, 1.82) is 0 Å². The zero-order valence-electron chi connectivity index (χ0n) is 9.77. The van der Waals surface area contributed by atoms with Gasteiger partial charge in [-0.05, 0) is 37.0 Å². The van der Waals surface area contributed by atoms with Gasteiger partial charge in [0.1, 0.15) is 0 Å². The molecule has 0 bridgehead atoms. The van der Waals surface area contributed by atoms with Gasteiger partial charge in [-0.1, -0.05) is 6.92 Å². The van der Waals surface area contributed by atoms with E-state index in [0.29, 0.717) is 11.8 Å². The Morgan fingerprint density at radius 3 is 2.69 bits per heavy atom. The Bertz CT molecular complexity index is 330. The summed E-state index contributed by atoms with van der Waals surface area (Å²) in [4.78, 5) is 4.03. The van der Waals surface area contributed by atoms with Gasteiger partial charge >= 0.3 is 0 Å². The first-order valence-electron chi connectivity index (χ1n) is 5.85. The molecular formula is C13H18ClNO. The fourth-order valence-electron chi connectivity index (χ4n) is 2.39. The van der Waals surface area contributed by atoms with Gasteiger partial charge in [0.2, 0.25) is 0 Å². The average molecular weight is 240 g/mol. The van der Waals surface area contributed by atoms with Crippen LogP contribution in [0.25, 0.3) is 0 Å². The Balaban J connectivity index is 2.07. The number of ether oxygens (including phenoxy) is 1. The molecule has 0 amide bonds. The third kappa shape index (κ3) is 2.38. The molecule has 0 saturated carbocycles.